The van der Waals surface area contributed by atoms with Crippen LogP contribution in [0, 0.1) is 0 Å². The SMILES string of the molecule is O=C1NC(=S)CC1=Cc1cccc(OCc2cccc3ccccc23)c1. The lowest BCUT2D eigenvalue weighted by Gasteiger charge is -2.10. The molecule has 3 nitrogen and oxygen atoms in total. The lowest BCUT2D eigenvalue weighted by Crippen LogP contribution is -2.17. The summed E-state index contributed by atoms with van der Waals surface area (Å²) in [5.74, 6) is 0.658. The maximum absolute atomic E-state index is 11.8. The molecule has 1 aliphatic heterocycles. The highest BCUT2D eigenvalue weighted by molar-refractivity contribution is 7.80. The van der Waals surface area contributed by atoms with E-state index in [9.17, 15) is 4.79 Å². The molecule has 0 spiro atoms. The van der Waals surface area contributed by atoms with Crippen LogP contribution in [0.2, 0.25) is 0 Å². The molecule has 1 fully saturated rings. The van der Waals surface area contributed by atoms with Crippen molar-refractivity contribution in [3.05, 3.63) is 83.4 Å². The highest BCUT2D eigenvalue weighted by Gasteiger charge is 2.20. The third-order valence-electron chi connectivity index (χ3n) is 4.37. The molecule has 4 heteroatoms. The largest absolute Gasteiger partial charge is 0.489 e. The third-order valence-corrected chi connectivity index (χ3v) is 4.62. The van der Waals surface area contributed by atoms with E-state index in [1.165, 1.54) is 10.8 Å². The van der Waals surface area contributed by atoms with Crippen LogP contribution in [0.15, 0.2) is 72.3 Å². The number of carbonyl (C=O) groups is 1. The Morgan fingerprint density at radius 3 is 2.69 bits per heavy atom. The van der Waals surface area contributed by atoms with Crippen LogP contribution in [-0.4, -0.2) is 10.9 Å². The summed E-state index contributed by atoms with van der Waals surface area (Å²) in [4.78, 5) is 12.4. The van der Waals surface area contributed by atoms with Crippen LogP contribution in [0.4, 0.5) is 0 Å². The molecular formula is C22H17NO2S. The summed E-state index contributed by atoms with van der Waals surface area (Å²) in [7, 11) is 0. The van der Waals surface area contributed by atoms with Gasteiger partial charge in [-0.3, -0.25) is 4.79 Å². The maximum atomic E-state index is 11.8. The van der Waals surface area contributed by atoms with E-state index in [2.05, 4.69) is 29.6 Å². The molecule has 3 aromatic rings. The number of fused-ring (bicyclic) bond motifs is 1. The molecule has 0 unspecified atom stereocenters. The van der Waals surface area contributed by atoms with E-state index >= 15 is 0 Å². The predicted octanol–water partition coefficient (Wildman–Crippen LogP) is 4.65. The lowest BCUT2D eigenvalue weighted by molar-refractivity contribution is -0.115. The molecule has 0 atom stereocenters. The van der Waals surface area contributed by atoms with Crippen LogP contribution in [0.25, 0.3) is 16.8 Å². The number of carbonyl (C=O) groups excluding carboxylic acids is 1. The average molecular weight is 359 g/mol. The molecule has 4 rings (SSSR count). The number of hydrogen-bond acceptors (Lipinski definition) is 3. The Hall–Kier alpha value is -2.98. The fourth-order valence-corrected chi connectivity index (χ4v) is 3.34. The second-order valence-corrected chi connectivity index (χ2v) is 6.72. The van der Waals surface area contributed by atoms with Gasteiger partial charge in [0.05, 0.1) is 4.99 Å². The van der Waals surface area contributed by atoms with Crippen LogP contribution >= 0.6 is 12.2 Å². The van der Waals surface area contributed by atoms with E-state index in [-0.39, 0.29) is 5.91 Å². The number of ether oxygens (including phenoxy) is 1. The van der Waals surface area contributed by atoms with Gasteiger partial charge in [-0.2, -0.15) is 0 Å². The van der Waals surface area contributed by atoms with E-state index < -0.39 is 0 Å². The van der Waals surface area contributed by atoms with E-state index in [1.54, 1.807) is 0 Å². The minimum atomic E-state index is -0.114. The fraction of sp³-hybridized carbons (Fsp3) is 0.0909. The molecule has 3 aromatic carbocycles. The van der Waals surface area contributed by atoms with Crippen molar-refractivity contribution in [3.8, 4) is 5.75 Å². The zero-order valence-electron chi connectivity index (χ0n) is 14.1. The van der Waals surface area contributed by atoms with Gasteiger partial charge in [-0.05, 0) is 40.1 Å². The highest BCUT2D eigenvalue weighted by atomic mass is 32.1. The molecule has 1 saturated heterocycles. The molecule has 0 aromatic heterocycles. The molecule has 128 valence electrons. The highest BCUT2D eigenvalue weighted by Crippen LogP contribution is 2.23. The number of hydrogen-bond donors (Lipinski definition) is 1. The average Bonchev–Trinajstić information content (AvgIpc) is 2.97. The van der Waals surface area contributed by atoms with E-state index in [4.69, 9.17) is 17.0 Å². The van der Waals surface area contributed by atoms with Crippen LogP contribution in [0.3, 0.4) is 0 Å². The quantitative estimate of drug-likeness (QED) is 0.544. The smallest absolute Gasteiger partial charge is 0.252 e. The number of thiocarbonyl (C=S) groups is 1. The van der Waals surface area contributed by atoms with Crippen molar-refractivity contribution in [1.29, 1.82) is 0 Å². The molecule has 1 aliphatic rings. The summed E-state index contributed by atoms with van der Waals surface area (Å²) < 4.78 is 6.00. The summed E-state index contributed by atoms with van der Waals surface area (Å²) in [6.07, 6.45) is 2.36. The minimum Gasteiger partial charge on any atom is -0.489 e. The molecule has 0 bridgehead atoms. The number of amides is 1. The summed E-state index contributed by atoms with van der Waals surface area (Å²) in [5, 5.41) is 5.06. The van der Waals surface area contributed by atoms with Gasteiger partial charge in [0, 0.05) is 12.0 Å². The Labute approximate surface area is 157 Å². The topological polar surface area (TPSA) is 38.3 Å². The van der Waals surface area contributed by atoms with Gasteiger partial charge in [0.1, 0.15) is 12.4 Å². The summed E-state index contributed by atoms with van der Waals surface area (Å²) >= 11 is 5.05. The number of nitrogens with one attached hydrogen (secondary N) is 1. The number of benzene rings is 3. The first kappa shape index (κ1) is 16.5. The zero-order chi connectivity index (χ0) is 17.9. The molecule has 1 heterocycles. The fourth-order valence-electron chi connectivity index (χ4n) is 3.10. The van der Waals surface area contributed by atoms with Gasteiger partial charge in [0.25, 0.3) is 5.91 Å². The van der Waals surface area contributed by atoms with Crippen molar-refractivity contribution in [2.75, 3.05) is 0 Å². The molecule has 0 radical (unpaired) electrons. The maximum Gasteiger partial charge on any atom is 0.252 e. The first-order valence-electron chi connectivity index (χ1n) is 8.43. The molecule has 1 amide bonds. The Morgan fingerprint density at radius 2 is 1.85 bits per heavy atom. The molecular weight excluding hydrogens is 342 g/mol. The minimum absolute atomic E-state index is 0.114. The monoisotopic (exact) mass is 359 g/mol. The Morgan fingerprint density at radius 1 is 1.04 bits per heavy atom. The van der Waals surface area contributed by atoms with Crippen molar-refractivity contribution in [2.45, 2.75) is 13.0 Å². The first-order chi connectivity index (χ1) is 12.7. The van der Waals surface area contributed by atoms with Gasteiger partial charge in [-0.1, -0.05) is 66.8 Å². The summed E-state index contributed by atoms with van der Waals surface area (Å²) in [6, 6.07) is 22.2. The number of rotatable bonds is 4. The predicted molar refractivity (Wildman–Crippen MR) is 108 cm³/mol. The van der Waals surface area contributed by atoms with Crippen molar-refractivity contribution >= 4 is 40.0 Å². The normalized spacial score (nSPS) is 15.5. The van der Waals surface area contributed by atoms with Gasteiger partial charge in [0.15, 0.2) is 0 Å². The van der Waals surface area contributed by atoms with Crippen LogP contribution in [0.1, 0.15) is 17.5 Å². The van der Waals surface area contributed by atoms with Gasteiger partial charge in [-0.15, -0.1) is 0 Å². The Bertz CT molecular complexity index is 1030. The van der Waals surface area contributed by atoms with E-state index in [0.29, 0.717) is 23.6 Å². The van der Waals surface area contributed by atoms with Gasteiger partial charge in [-0.25, -0.2) is 0 Å². The Balaban J connectivity index is 1.53. The van der Waals surface area contributed by atoms with Crippen molar-refractivity contribution in [2.24, 2.45) is 0 Å². The van der Waals surface area contributed by atoms with E-state index in [1.807, 2.05) is 48.5 Å². The van der Waals surface area contributed by atoms with Crippen molar-refractivity contribution < 1.29 is 9.53 Å². The van der Waals surface area contributed by atoms with Crippen LogP contribution in [0.5, 0.6) is 5.75 Å². The van der Waals surface area contributed by atoms with Gasteiger partial charge >= 0.3 is 0 Å². The van der Waals surface area contributed by atoms with Gasteiger partial charge < -0.3 is 10.1 Å². The molecule has 1 N–H and O–H groups in total. The Kier molecular flexibility index (Phi) is 4.50. The molecule has 0 aliphatic carbocycles. The van der Waals surface area contributed by atoms with Crippen molar-refractivity contribution in [3.63, 3.8) is 0 Å². The van der Waals surface area contributed by atoms with E-state index in [0.717, 1.165) is 16.9 Å². The second kappa shape index (κ2) is 7.10. The third kappa shape index (κ3) is 3.51. The first-order valence-corrected chi connectivity index (χ1v) is 8.84. The van der Waals surface area contributed by atoms with Crippen LogP contribution in [-0.2, 0) is 11.4 Å². The van der Waals surface area contributed by atoms with Crippen molar-refractivity contribution in [1.82, 2.24) is 5.32 Å². The summed E-state index contributed by atoms with van der Waals surface area (Å²) in [6.45, 7) is 0.492. The summed E-state index contributed by atoms with van der Waals surface area (Å²) in [5.41, 5.74) is 2.75. The standard InChI is InChI=1S/C22H17NO2S/c24-22-18(13-21(26)23-22)11-15-5-3-9-19(12-15)25-14-17-8-4-7-16-6-1-2-10-20(16)17/h1-12H,13-14H2,(H,23,24,26). The zero-order valence-corrected chi connectivity index (χ0v) is 14.9. The lowest BCUT2D eigenvalue weighted by atomic mass is 10.1. The molecule has 0 saturated carbocycles. The second-order valence-electron chi connectivity index (χ2n) is 6.22. The van der Waals surface area contributed by atoms with Crippen LogP contribution < -0.4 is 10.1 Å². The van der Waals surface area contributed by atoms with Gasteiger partial charge in [0.2, 0.25) is 0 Å². The molecule has 26 heavy (non-hydrogen) atoms.